The normalized spacial score (nSPS) is 17.0. The number of aromatic hydroxyl groups is 2. The Kier molecular flexibility index (Phi) is 18.3. The van der Waals surface area contributed by atoms with Crippen LogP contribution in [0.15, 0.2) is 103 Å². The van der Waals surface area contributed by atoms with Crippen LogP contribution in [0.5, 0.6) is 17.2 Å². The first kappa shape index (κ1) is 53.3. The zero-order chi connectivity index (χ0) is 51.4. The Morgan fingerprint density at radius 2 is 1.42 bits per heavy atom. The third-order valence-corrected chi connectivity index (χ3v) is 14.6. The van der Waals surface area contributed by atoms with Crippen LogP contribution in [0.1, 0.15) is 101 Å². The number of hydrogen-bond donors (Lipinski definition) is 5. The molecule has 14 nitrogen and oxygen atoms in total. The van der Waals surface area contributed by atoms with Crippen molar-refractivity contribution < 1.29 is 39.2 Å². The molecule has 5 aromatic rings. The highest BCUT2D eigenvalue weighted by molar-refractivity contribution is 7.13. The molecule has 2 aliphatic rings. The lowest BCUT2D eigenvalue weighted by atomic mass is 9.85. The van der Waals surface area contributed by atoms with E-state index in [2.05, 4.69) is 27.4 Å². The monoisotopic (exact) mass is 998 g/mol. The Morgan fingerprint density at radius 1 is 0.806 bits per heavy atom. The Labute approximate surface area is 427 Å². The van der Waals surface area contributed by atoms with Gasteiger partial charge in [0.1, 0.15) is 35.9 Å². The Hall–Kier alpha value is -6.55. The SMILES string of the molecule is CCC(=C(c1ccc(O)cc1)c1ccc(OCCN2CCN(C(=O)CCCCCC(=O)NC(C(=O)N3C[C@H](O)C[C@H]3C(=O)NCc3ccc(-c4scnc4C)cc3)C(C)(C)C)CC2)cc1)c1ccc(O)cc1. The lowest BCUT2D eigenvalue weighted by molar-refractivity contribution is -0.144. The van der Waals surface area contributed by atoms with Gasteiger partial charge in [-0.25, -0.2) is 4.98 Å². The van der Waals surface area contributed by atoms with Crippen LogP contribution in [0, 0.1) is 12.3 Å². The molecule has 0 bridgehead atoms. The number of carbonyl (C=O) groups excluding carboxylic acids is 4. The lowest BCUT2D eigenvalue weighted by Crippen LogP contribution is -2.57. The number of rotatable bonds is 20. The standard InChI is InChI=1S/C57H70N6O8S/c1-6-48(40-16-22-44(64)23-17-40)52(41-18-24-45(65)25-19-41)42-20-26-47(27-21-42)71-33-32-61-28-30-62(31-29-61)51(68)11-9-7-8-10-50(67)60-54(57(3,4)5)56(70)63-36-46(66)34-49(63)55(69)58-35-39-12-14-43(15-13-39)53-38(2)59-37-72-53/h12-27,37,46,49,54,64-66H,6-11,28-36H2,1-5H3,(H,58,69)(H,60,67)/t46-,49+,54?/m1/s1. The van der Waals surface area contributed by atoms with Crippen LogP contribution in [-0.2, 0) is 25.7 Å². The maximum absolute atomic E-state index is 14.1. The average molecular weight is 999 g/mol. The number of allylic oxidation sites excluding steroid dienone is 1. The van der Waals surface area contributed by atoms with Crippen molar-refractivity contribution in [1.29, 1.82) is 0 Å². The predicted octanol–water partition coefficient (Wildman–Crippen LogP) is 8.18. The molecule has 382 valence electrons. The van der Waals surface area contributed by atoms with Crippen molar-refractivity contribution in [2.45, 2.75) is 104 Å². The summed E-state index contributed by atoms with van der Waals surface area (Å²) in [4.78, 5) is 65.0. The largest absolute Gasteiger partial charge is 0.508 e. The number of β-amino-alcohol motifs (C(OH)–C–C–N with tert-alkyl or cyclic N) is 1. The van der Waals surface area contributed by atoms with E-state index in [1.165, 1.54) is 4.90 Å². The van der Waals surface area contributed by atoms with E-state index in [9.17, 15) is 34.5 Å². The number of thiazole rings is 1. The Morgan fingerprint density at radius 3 is 2.01 bits per heavy atom. The molecule has 3 heterocycles. The number of likely N-dealkylation sites (tertiary alicyclic amines) is 1. The van der Waals surface area contributed by atoms with Crippen molar-refractivity contribution >= 4 is 46.1 Å². The summed E-state index contributed by atoms with van der Waals surface area (Å²) >= 11 is 1.58. The van der Waals surface area contributed by atoms with E-state index in [4.69, 9.17) is 4.74 Å². The molecule has 0 spiro atoms. The molecule has 2 fully saturated rings. The molecule has 2 aliphatic heterocycles. The highest BCUT2D eigenvalue weighted by Gasteiger charge is 2.44. The Bertz CT molecular complexity index is 2640. The van der Waals surface area contributed by atoms with Gasteiger partial charge >= 0.3 is 0 Å². The number of nitrogens with one attached hydrogen (secondary N) is 2. The molecule has 2 saturated heterocycles. The van der Waals surface area contributed by atoms with E-state index in [1.54, 1.807) is 35.6 Å². The van der Waals surface area contributed by atoms with Crippen molar-refractivity contribution in [1.82, 2.24) is 30.3 Å². The number of piperazine rings is 1. The number of unbranched alkanes of at least 4 members (excludes halogenated alkanes) is 2. The van der Waals surface area contributed by atoms with Gasteiger partial charge < -0.3 is 40.5 Å². The molecule has 0 aliphatic carbocycles. The molecule has 72 heavy (non-hydrogen) atoms. The molecule has 15 heteroatoms. The predicted molar refractivity (Wildman–Crippen MR) is 282 cm³/mol. The number of phenols is 2. The van der Waals surface area contributed by atoms with Crippen molar-refractivity contribution in [3.8, 4) is 27.7 Å². The van der Waals surface area contributed by atoms with Crippen LogP contribution in [0.4, 0.5) is 0 Å². The number of aliphatic hydroxyl groups excluding tert-OH is 1. The molecule has 1 unspecified atom stereocenters. The highest BCUT2D eigenvalue weighted by Crippen LogP contribution is 2.36. The summed E-state index contributed by atoms with van der Waals surface area (Å²) in [6.07, 6.45) is 2.52. The van der Waals surface area contributed by atoms with E-state index < -0.39 is 29.5 Å². The maximum Gasteiger partial charge on any atom is 0.246 e. The van der Waals surface area contributed by atoms with Gasteiger partial charge in [-0.15, -0.1) is 11.3 Å². The number of aryl methyl sites for hydroxylation is 1. The summed E-state index contributed by atoms with van der Waals surface area (Å²) < 4.78 is 6.17. The van der Waals surface area contributed by atoms with Gasteiger partial charge in [-0.05, 0) is 107 Å². The van der Waals surface area contributed by atoms with Crippen LogP contribution in [0.25, 0.3) is 21.6 Å². The van der Waals surface area contributed by atoms with Crippen LogP contribution in [-0.4, -0.2) is 123 Å². The van der Waals surface area contributed by atoms with E-state index >= 15 is 0 Å². The summed E-state index contributed by atoms with van der Waals surface area (Å²) in [6, 6.07) is 28.6. The average Bonchev–Trinajstić information content (AvgIpc) is 3.99. The van der Waals surface area contributed by atoms with Gasteiger partial charge in [-0.1, -0.05) is 94.8 Å². The summed E-state index contributed by atoms with van der Waals surface area (Å²) in [5, 5.41) is 36.4. The minimum absolute atomic E-state index is 0.00446. The van der Waals surface area contributed by atoms with Gasteiger partial charge in [0.15, 0.2) is 0 Å². The van der Waals surface area contributed by atoms with E-state index in [0.717, 1.165) is 81.3 Å². The third kappa shape index (κ3) is 14.1. The maximum atomic E-state index is 14.1. The molecule has 4 amide bonds. The second-order valence-electron chi connectivity index (χ2n) is 19.9. The van der Waals surface area contributed by atoms with Crippen molar-refractivity contribution in [2.75, 3.05) is 45.9 Å². The molecular weight excluding hydrogens is 929 g/mol. The number of amides is 4. The number of nitrogens with zero attached hydrogens (tertiary/aromatic N) is 4. The third-order valence-electron chi connectivity index (χ3n) is 13.6. The summed E-state index contributed by atoms with van der Waals surface area (Å²) in [5.41, 5.74) is 9.24. The first-order valence-corrected chi connectivity index (χ1v) is 26.1. The number of aromatic nitrogens is 1. The smallest absolute Gasteiger partial charge is 0.246 e. The van der Waals surface area contributed by atoms with Crippen LogP contribution >= 0.6 is 11.3 Å². The number of ether oxygens (including phenoxy) is 1. The van der Waals surface area contributed by atoms with Gasteiger partial charge in [0.05, 0.1) is 22.2 Å². The fourth-order valence-electron chi connectivity index (χ4n) is 9.47. The van der Waals surface area contributed by atoms with Gasteiger partial charge in [0.25, 0.3) is 0 Å². The summed E-state index contributed by atoms with van der Waals surface area (Å²) in [6.45, 7) is 14.0. The van der Waals surface area contributed by atoms with Gasteiger partial charge in [0.2, 0.25) is 23.6 Å². The minimum atomic E-state index is -0.903. The van der Waals surface area contributed by atoms with Crippen molar-refractivity contribution in [3.05, 3.63) is 131 Å². The number of benzene rings is 4. The first-order chi connectivity index (χ1) is 34.6. The zero-order valence-electron chi connectivity index (χ0n) is 42.2. The topological polar surface area (TPSA) is 185 Å². The number of carbonyl (C=O) groups is 4. The van der Waals surface area contributed by atoms with Gasteiger partial charge in [0, 0.05) is 65.1 Å². The molecule has 0 radical (unpaired) electrons. The molecule has 0 saturated carbocycles. The van der Waals surface area contributed by atoms with E-state index in [-0.39, 0.29) is 55.2 Å². The summed E-state index contributed by atoms with van der Waals surface area (Å²) in [5.74, 6) is 0.259. The van der Waals surface area contributed by atoms with Gasteiger partial charge in [-0.2, -0.15) is 0 Å². The van der Waals surface area contributed by atoms with Crippen molar-refractivity contribution in [2.24, 2.45) is 5.41 Å². The lowest BCUT2D eigenvalue weighted by Gasteiger charge is -2.35. The fourth-order valence-corrected chi connectivity index (χ4v) is 10.3. The molecule has 5 N–H and O–H groups in total. The second kappa shape index (κ2) is 24.7. The highest BCUT2D eigenvalue weighted by atomic mass is 32.1. The summed E-state index contributed by atoms with van der Waals surface area (Å²) in [7, 11) is 0. The fraction of sp³-hybridized carbons (Fsp3) is 0.421. The Balaban J connectivity index is 0.804. The minimum Gasteiger partial charge on any atom is -0.508 e. The van der Waals surface area contributed by atoms with Crippen LogP contribution < -0.4 is 15.4 Å². The van der Waals surface area contributed by atoms with Crippen molar-refractivity contribution in [3.63, 3.8) is 0 Å². The molecule has 3 atom stereocenters. The first-order valence-electron chi connectivity index (χ1n) is 25.2. The number of hydrogen-bond acceptors (Lipinski definition) is 11. The van der Waals surface area contributed by atoms with E-state index in [0.29, 0.717) is 45.4 Å². The quantitative estimate of drug-likeness (QED) is 0.0377. The molecule has 1 aromatic heterocycles. The van der Waals surface area contributed by atoms with Crippen LogP contribution in [0.3, 0.4) is 0 Å². The second-order valence-corrected chi connectivity index (χ2v) is 20.8. The van der Waals surface area contributed by atoms with E-state index in [1.807, 2.05) is 111 Å². The zero-order valence-corrected chi connectivity index (χ0v) is 43.1. The van der Waals surface area contributed by atoms with Crippen LogP contribution in [0.2, 0.25) is 0 Å². The molecule has 4 aromatic carbocycles. The van der Waals surface area contributed by atoms with Gasteiger partial charge in [-0.3, -0.25) is 24.1 Å². The number of aliphatic hydroxyl groups is 1. The number of phenolic OH excluding ortho intramolecular Hbond substituents is 2. The molecular formula is C57H70N6O8S. The molecule has 7 rings (SSSR count).